The third-order valence-electron chi connectivity index (χ3n) is 3.02. The van der Waals surface area contributed by atoms with Gasteiger partial charge in [0.2, 0.25) is 0 Å². The number of carbonyl (C=O) groups is 1. The third-order valence-corrected chi connectivity index (χ3v) is 3.02. The van der Waals surface area contributed by atoms with E-state index in [1.54, 1.807) is 7.11 Å². The Hall–Kier alpha value is -2.01. The van der Waals surface area contributed by atoms with Crippen molar-refractivity contribution in [3.05, 3.63) is 30.0 Å². The van der Waals surface area contributed by atoms with Gasteiger partial charge in [-0.15, -0.1) is 0 Å². The Balaban J connectivity index is 2.08. The van der Waals surface area contributed by atoms with Crippen molar-refractivity contribution in [2.45, 2.75) is 19.4 Å². The molecule has 19 heavy (non-hydrogen) atoms. The number of aromatic nitrogens is 1. The molecule has 1 unspecified atom stereocenters. The zero-order valence-corrected chi connectivity index (χ0v) is 11.2. The maximum Gasteiger partial charge on any atom is 0.267 e. The van der Waals surface area contributed by atoms with Crippen molar-refractivity contribution < 1.29 is 9.53 Å². The second-order valence-electron chi connectivity index (χ2n) is 4.69. The van der Waals surface area contributed by atoms with Crippen LogP contribution >= 0.6 is 0 Å². The molecule has 4 N–H and O–H groups in total. The standard InChI is InChI=1S/C14H19N3O2/c1-9(5-6-19-2)16-14(18)13-8-10-7-11(15)3-4-12(10)17-13/h3-4,7-9,17H,5-6,15H2,1-2H3,(H,16,18). The molecule has 2 rings (SSSR count). The fourth-order valence-electron chi connectivity index (χ4n) is 1.94. The third kappa shape index (κ3) is 3.26. The summed E-state index contributed by atoms with van der Waals surface area (Å²) in [5, 5.41) is 3.86. The van der Waals surface area contributed by atoms with Crippen LogP contribution in [-0.4, -0.2) is 30.6 Å². The number of nitrogens with one attached hydrogen (secondary N) is 2. The Morgan fingerprint density at radius 3 is 3.00 bits per heavy atom. The Morgan fingerprint density at radius 2 is 2.26 bits per heavy atom. The molecule has 0 aliphatic rings. The molecule has 1 amide bonds. The minimum Gasteiger partial charge on any atom is -0.399 e. The molecular weight excluding hydrogens is 242 g/mol. The number of hydrogen-bond donors (Lipinski definition) is 3. The number of rotatable bonds is 5. The van der Waals surface area contributed by atoms with E-state index >= 15 is 0 Å². The van der Waals surface area contributed by atoms with E-state index in [-0.39, 0.29) is 11.9 Å². The van der Waals surface area contributed by atoms with Gasteiger partial charge >= 0.3 is 0 Å². The number of benzene rings is 1. The predicted molar refractivity (Wildman–Crippen MR) is 76.1 cm³/mol. The highest BCUT2D eigenvalue weighted by atomic mass is 16.5. The van der Waals surface area contributed by atoms with Crippen LogP contribution in [0.2, 0.25) is 0 Å². The molecule has 0 spiro atoms. The summed E-state index contributed by atoms with van der Waals surface area (Å²) in [4.78, 5) is 15.1. The van der Waals surface area contributed by atoms with Gasteiger partial charge in [0.1, 0.15) is 5.69 Å². The summed E-state index contributed by atoms with van der Waals surface area (Å²) in [5.41, 5.74) is 7.86. The summed E-state index contributed by atoms with van der Waals surface area (Å²) in [7, 11) is 1.65. The molecular formula is C14H19N3O2. The molecule has 1 heterocycles. The maximum absolute atomic E-state index is 12.1. The second-order valence-corrected chi connectivity index (χ2v) is 4.69. The molecule has 0 aliphatic carbocycles. The zero-order chi connectivity index (χ0) is 13.8. The fourth-order valence-corrected chi connectivity index (χ4v) is 1.94. The van der Waals surface area contributed by atoms with Crippen molar-refractivity contribution in [1.82, 2.24) is 10.3 Å². The number of aromatic amines is 1. The van der Waals surface area contributed by atoms with Crippen LogP contribution in [0.3, 0.4) is 0 Å². The number of methoxy groups -OCH3 is 1. The first-order valence-electron chi connectivity index (χ1n) is 6.28. The largest absolute Gasteiger partial charge is 0.399 e. The SMILES string of the molecule is COCCC(C)NC(=O)c1cc2cc(N)ccc2[nH]1. The Labute approximate surface area is 112 Å². The smallest absolute Gasteiger partial charge is 0.267 e. The molecule has 0 radical (unpaired) electrons. The van der Waals surface area contributed by atoms with E-state index in [0.717, 1.165) is 17.3 Å². The molecule has 5 nitrogen and oxygen atoms in total. The molecule has 0 saturated carbocycles. The highest BCUT2D eigenvalue weighted by Gasteiger charge is 2.12. The lowest BCUT2D eigenvalue weighted by Crippen LogP contribution is -2.33. The number of H-pyrrole nitrogens is 1. The van der Waals surface area contributed by atoms with Gasteiger partial charge in [-0.25, -0.2) is 0 Å². The van der Waals surface area contributed by atoms with E-state index in [0.29, 0.717) is 18.0 Å². The number of hydrogen-bond acceptors (Lipinski definition) is 3. The number of amides is 1. The van der Waals surface area contributed by atoms with Gasteiger partial charge in [0.05, 0.1) is 0 Å². The Kier molecular flexibility index (Phi) is 4.06. The molecule has 1 atom stereocenters. The van der Waals surface area contributed by atoms with E-state index in [2.05, 4.69) is 10.3 Å². The lowest BCUT2D eigenvalue weighted by Gasteiger charge is -2.12. The van der Waals surface area contributed by atoms with Gasteiger partial charge in [-0.05, 0) is 37.6 Å². The summed E-state index contributed by atoms with van der Waals surface area (Å²) in [6.07, 6.45) is 0.787. The number of fused-ring (bicyclic) bond motifs is 1. The molecule has 0 bridgehead atoms. The summed E-state index contributed by atoms with van der Waals surface area (Å²) in [6.45, 7) is 2.59. The highest BCUT2D eigenvalue weighted by Crippen LogP contribution is 2.18. The number of anilines is 1. The van der Waals surface area contributed by atoms with E-state index in [4.69, 9.17) is 10.5 Å². The average molecular weight is 261 g/mol. The van der Waals surface area contributed by atoms with Crippen LogP contribution in [0.15, 0.2) is 24.3 Å². The van der Waals surface area contributed by atoms with E-state index in [1.807, 2.05) is 31.2 Å². The fraction of sp³-hybridized carbons (Fsp3) is 0.357. The minimum absolute atomic E-state index is 0.0731. The average Bonchev–Trinajstić information content (AvgIpc) is 2.79. The van der Waals surface area contributed by atoms with Crippen molar-refractivity contribution in [1.29, 1.82) is 0 Å². The monoisotopic (exact) mass is 261 g/mol. The quantitative estimate of drug-likeness (QED) is 0.719. The van der Waals surface area contributed by atoms with Crippen LogP contribution in [0.5, 0.6) is 0 Å². The van der Waals surface area contributed by atoms with Crippen LogP contribution in [0, 0.1) is 0 Å². The Morgan fingerprint density at radius 1 is 1.47 bits per heavy atom. The molecule has 0 saturated heterocycles. The van der Waals surface area contributed by atoms with Gasteiger partial charge < -0.3 is 20.8 Å². The van der Waals surface area contributed by atoms with Gasteiger partial charge in [-0.1, -0.05) is 0 Å². The topological polar surface area (TPSA) is 80.1 Å². The van der Waals surface area contributed by atoms with E-state index in [1.165, 1.54) is 0 Å². The first-order valence-corrected chi connectivity index (χ1v) is 6.28. The lowest BCUT2D eigenvalue weighted by molar-refractivity contribution is 0.0925. The molecule has 2 aromatic rings. The van der Waals surface area contributed by atoms with Crippen LogP contribution < -0.4 is 11.1 Å². The van der Waals surface area contributed by atoms with Crippen LogP contribution in [-0.2, 0) is 4.74 Å². The first-order chi connectivity index (χ1) is 9.10. The van der Waals surface area contributed by atoms with Crippen LogP contribution in [0.25, 0.3) is 10.9 Å². The summed E-state index contributed by atoms with van der Waals surface area (Å²) in [5.74, 6) is -0.113. The van der Waals surface area contributed by atoms with E-state index in [9.17, 15) is 4.79 Å². The van der Waals surface area contributed by atoms with Gasteiger partial charge in [0.25, 0.3) is 5.91 Å². The van der Waals surface area contributed by atoms with Gasteiger partial charge in [-0.3, -0.25) is 4.79 Å². The number of ether oxygens (including phenoxy) is 1. The number of nitrogen functional groups attached to an aromatic ring is 1. The maximum atomic E-state index is 12.1. The molecule has 1 aromatic carbocycles. The van der Waals surface area contributed by atoms with Gasteiger partial charge in [0.15, 0.2) is 0 Å². The van der Waals surface area contributed by atoms with Crippen molar-refractivity contribution in [3.63, 3.8) is 0 Å². The summed E-state index contributed by atoms with van der Waals surface area (Å²) < 4.78 is 4.99. The number of carbonyl (C=O) groups excluding carboxylic acids is 1. The first kappa shape index (κ1) is 13.4. The molecule has 1 aromatic heterocycles. The van der Waals surface area contributed by atoms with Gasteiger partial charge in [0, 0.05) is 36.3 Å². The van der Waals surface area contributed by atoms with Crippen molar-refractivity contribution >= 4 is 22.5 Å². The zero-order valence-electron chi connectivity index (χ0n) is 11.2. The molecule has 5 heteroatoms. The second kappa shape index (κ2) is 5.75. The van der Waals surface area contributed by atoms with Crippen molar-refractivity contribution in [2.24, 2.45) is 0 Å². The normalized spacial score (nSPS) is 12.5. The number of nitrogens with two attached hydrogens (primary N) is 1. The van der Waals surface area contributed by atoms with Crippen LogP contribution in [0.1, 0.15) is 23.8 Å². The van der Waals surface area contributed by atoms with Gasteiger partial charge in [-0.2, -0.15) is 0 Å². The van der Waals surface area contributed by atoms with Crippen molar-refractivity contribution in [2.75, 3.05) is 19.5 Å². The lowest BCUT2D eigenvalue weighted by atomic mass is 10.2. The minimum atomic E-state index is -0.113. The predicted octanol–water partition coefficient (Wildman–Crippen LogP) is 1.90. The summed E-state index contributed by atoms with van der Waals surface area (Å²) >= 11 is 0. The molecule has 102 valence electrons. The van der Waals surface area contributed by atoms with E-state index < -0.39 is 0 Å². The van der Waals surface area contributed by atoms with Crippen LogP contribution in [0.4, 0.5) is 5.69 Å². The molecule has 0 fully saturated rings. The molecule has 0 aliphatic heterocycles. The Bertz CT molecular complexity index is 577. The highest BCUT2D eigenvalue weighted by molar-refractivity contribution is 5.98. The summed E-state index contributed by atoms with van der Waals surface area (Å²) in [6, 6.07) is 7.40. The van der Waals surface area contributed by atoms with Crippen molar-refractivity contribution in [3.8, 4) is 0 Å².